The van der Waals surface area contributed by atoms with Gasteiger partial charge in [0, 0.05) is 19.6 Å². The number of furan rings is 1. The lowest BCUT2D eigenvalue weighted by molar-refractivity contribution is -0.132. The molecule has 4 rings (SSSR count). The van der Waals surface area contributed by atoms with Crippen LogP contribution in [0.25, 0.3) is 0 Å². The van der Waals surface area contributed by atoms with Crippen molar-refractivity contribution in [3.63, 3.8) is 0 Å². The zero-order valence-electron chi connectivity index (χ0n) is 23.5. The zero-order chi connectivity index (χ0) is 28.5. The van der Waals surface area contributed by atoms with Gasteiger partial charge in [0.05, 0.1) is 31.4 Å². The lowest BCUT2D eigenvalue weighted by atomic mass is 10.1. The Hall–Kier alpha value is -3.49. The minimum absolute atomic E-state index is 0.0521. The van der Waals surface area contributed by atoms with E-state index in [1.807, 2.05) is 37.3 Å². The number of carbonyl (C=O) groups excluding carboxylic acids is 2. The summed E-state index contributed by atoms with van der Waals surface area (Å²) in [6.07, 6.45) is 2.91. The number of halogens is 1. The molecule has 9 heteroatoms. The van der Waals surface area contributed by atoms with Crippen LogP contribution in [0.2, 0.25) is 5.02 Å². The number of likely N-dealkylation sites (tertiary alicyclic amines) is 1. The van der Waals surface area contributed by atoms with E-state index >= 15 is 0 Å². The molecule has 0 spiro atoms. The van der Waals surface area contributed by atoms with Crippen molar-refractivity contribution in [1.82, 2.24) is 14.7 Å². The van der Waals surface area contributed by atoms with Gasteiger partial charge in [-0.15, -0.1) is 0 Å². The first-order valence-corrected chi connectivity index (χ1v) is 14.1. The summed E-state index contributed by atoms with van der Waals surface area (Å²) in [5, 5.41) is 0.377. The Kier molecular flexibility index (Phi) is 10.5. The van der Waals surface area contributed by atoms with Crippen molar-refractivity contribution in [2.75, 3.05) is 53.5 Å². The van der Waals surface area contributed by atoms with Crippen LogP contribution < -0.4 is 9.47 Å². The summed E-state index contributed by atoms with van der Waals surface area (Å²) >= 11 is 6.38. The Morgan fingerprint density at radius 3 is 2.38 bits per heavy atom. The molecular formula is C31H38ClN3O5. The number of methoxy groups -OCH3 is 2. The van der Waals surface area contributed by atoms with Crippen LogP contribution in [0.15, 0.2) is 59.0 Å². The third-order valence-corrected chi connectivity index (χ3v) is 7.55. The SMILES string of the molecule is COc1ccc(CCN(Cc2ccc(C)o2)C(=O)CN(CCN2CCCC2)C(=O)c2ccccc2Cl)cc1OC. The first-order valence-electron chi connectivity index (χ1n) is 13.7. The van der Waals surface area contributed by atoms with E-state index in [-0.39, 0.29) is 18.4 Å². The normalized spacial score (nSPS) is 13.3. The standard InChI is InChI=1S/C31H38ClN3O5/c1-23-10-12-25(40-23)21-34(17-14-24-11-13-28(38-2)29(20-24)39-3)30(36)22-35(19-18-33-15-6-7-16-33)31(37)26-8-4-5-9-27(26)32/h4-5,8-13,20H,6-7,14-19,21-22H2,1-3H3. The molecule has 1 fully saturated rings. The largest absolute Gasteiger partial charge is 0.493 e. The fourth-order valence-electron chi connectivity index (χ4n) is 4.94. The predicted molar refractivity (Wildman–Crippen MR) is 155 cm³/mol. The van der Waals surface area contributed by atoms with Crippen LogP contribution in [0.1, 0.15) is 40.3 Å². The highest BCUT2D eigenvalue weighted by Crippen LogP contribution is 2.28. The summed E-state index contributed by atoms with van der Waals surface area (Å²) in [7, 11) is 3.20. The van der Waals surface area contributed by atoms with Crippen LogP contribution in [0, 0.1) is 6.92 Å². The van der Waals surface area contributed by atoms with Crippen molar-refractivity contribution in [2.45, 2.75) is 32.7 Å². The molecule has 0 atom stereocenters. The number of aryl methyl sites for hydroxylation is 1. The smallest absolute Gasteiger partial charge is 0.255 e. The molecule has 0 N–H and O–H groups in total. The van der Waals surface area contributed by atoms with E-state index in [2.05, 4.69) is 4.90 Å². The molecule has 2 aromatic carbocycles. The Morgan fingerprint density at radius 1 is 0.950 bits per heavy atom. The van der Waals surface area contributed by atoms with Gasteiger partial charge in [0.25, 0.3) is 5.91 Å². The molecule has 0 saturated carbocycles. The van der Waals surface area contributed by atoms with E-state index in [0.717, 1.165) is 37.3 Å². The maximum Gasteiger partial charge on any atom is 0.255 e. The molecule has 2 heterocycles. The van der Waals surface area contributed by atoms with E-state index < -0.39 is 0 Å². The summed E-state index contributed by atoms with van der Waals surface area (Å²) in [6, 6.07) is 16.5. The van der Waals surface area contributed by atoms with E-state index in [1.165, 1.54) is 0 Å². The molecule has 3 aromatic rings. The predicted octanol–water partition coefficient (Wildman–Crippen LogP) is 5.07. The van der Waals surface area contributed by atoms with Crippen LogP contribution in [0.3, 0.4) is 0 Å². The molecule has 1 aliphatic rings. The Morgan fingerprint density at radius 2 is 1.70 bits per heavy atom. The summed E-state index contributed by atoms with van der Waals surface area (Å²) < 4.78 is 16.6. The molecule has 1 saturated heterocycles. The average Bonchev–Trinajstić information content (AvgIpc) is 3.64. The minimum Gasteiger partial charge on any atom is -0.493 e. The van der Waals surface area contributed by atoms with Crippen molar-refractivity contribution in [3.05, 3.63) is 82.3 Å². The molecule has 2 amide bonds. The fraction of sp³-hybridized carbons (Fsp3) is 0.419. The monoisotopic (exact) mass is 567 g/mol. The average molecular weight is 568 g/mol. The van der Waals surface area contributed by atoms with E-state index in [9.17, 15) is 9.59 Å². The molecule has 214 valence electrons. The van der Waals surface area contributed by atoms with Gasteiger partial charge in [0.15, 0.2) is 11.5 Å². The second-order valence-corrected chi connectivity index (χ2v) is 10.4. The van der Waals surface area contributed by atoms with Crippen LogP contribution in [0.4, 0.5) is 0 Å². The van der Waals surface area contributed by atoms with Gasteiger partial charge in [-0.3, -0.25) is 9.59 Å². The second-order valence-electron chi connectivity index (χ2n) is 10.0. The number of rotatable bonds is 13. The van der Waals surface area contributed by atoms with Crippen molar-refractivity contribution in [2.24, 2.45) is 0 Å². The van der Waals surface area contributed by atoms with Crippen molar-refractivity contribution in [1.29, 1.82) is 0 Å². The van der Waals surface area contributed by atoms with Crippen molar-refractivity contribution < 1.29 is 23.5 Å². The molecule has 0 bridgehead atoms. The highest BCUT2D eigenvalue weighted by atomic mass is 35.5. The van der Waals surface area contributed by atoms with Crippen LogP contribution in [-0.2, 0) is 17.8 Å². The van der Waals surface area contributed by atoms with Crippen LogP contribution in [0.5, 0.6) is 11.5 Å². The minimum atomic E-state index is -0.244. The van der Waals surface area contributed by atoms with Gasteiger partial charge >= 0.3 is 0 Å². The third kappa shape index (κ3) is 7.79. The molecule has 0 aliphatic carbocycles. The zero-order valence-corrected chi connectivity index (χ0v) is 24.3. The van der Waals surface area contributed by atoms with Gasteiger partial charge in [-0.1, -0.05) is 29.8 Å². The van der Waals surface area contributed by atoms with E-state index in [0.29, 0.717) is 60.4 Å². The molecular weight excluding hydrogens is 530 g/mol. The third-order valence-electron chi connectivity index (χ3n) is 7.22. The van der Waals surface area contributed by atoms with E-state index in [4.69, 9.17) is 25.5 Å². The number of hydrogen-bond donors (Lipinski definition) is 0. The Balaban J connectivity index is 1.53. The van der Waals surface area contributed by atoms with Crippen molar-refractivity contribution >= 4 is 23.4 Å². The van der Waals surface area contributed by atoms with Crippen LogP contribution in [-0.4, -0.2) is 80.0 Å². The summed E-state index contributed by atoms with van der Waals surface area (Å²) in [6.45, 7) is 5.75. The number of nitrogens with zero attached hydrogens (tertiary/aromatic N) is 3. The molecule has 1 aliphatic heterocycles. The molecule has 0 radical (unpaired) electrons. The molecule has 1 aromatic heterocycles. The molecule has 8 nitrogen and oxygen atoms in total. The fourth-order valence-corrected chi connectivity index (χ4v) is 5.16. The first kappa shape index (κ1) is 29.5. The van der Waals surface area contributed by atoms with Gasteiger partial charge in [-0.2, -0.15) is 0 Å². The van der Waals surface area contributed by atoms with Gasteiger partial charge in [-0.05, 0) is 81.2 Å². The first-order chi connectivity index (χ1) is 19.4. The maximum absolute atomic E-state index is 13.8. The van der Waals surface area contributed by atoms with Gasteiger partial charge in [0.1, 0.15) is 18.1 Å². The summed E-state index contributed by atoms with van der Waals surface area (Å²) in [4.78, 5) is 33.1. The molecule has 40 heavy (non-hydrogen) atoms. The van der Waals surface area contributed by atoms with Gasteiger partial charge in [0.2, 0.25) is 5.91 Å². The second kappa shape index (κ2) is 14.2. The van der Waals surface area contributed by atoms with Crippen molar-refractivity contribution in [3.8, 4) is 11.5 Å². The number of ether oxygens (including phenoxy) is 2. The number of carbonyl (C=O) groups is 2. The topological polar surface area (TPSA) is 75.5 Å². The lowest BCUT2D eigenvalue weighted by Crippen LogP contribution is -2.45. The lowest BCUT2D eigenvalue weighted by Gasteiger charge is -2.29. The highest BCUT2D eigenvalue weighted by Gasteiger charge is 2.25. The Bertz CT molecular complexity index is 1290. The number of hydrogen-bond acceptors (Lipinski definition) is 6. The van der Waals surface area contributed by atoms with E-state index in [1.54, 1.807) is 48.3 Å². The summed E-state index contributed by atoms with van der Waals surface area (Å²) in [5.74, 6) is 2.36. The number of benzene rings is 2. The Labute approximate surface area is 241 Å². The van der Waals surface area contributed by atoms with Gasteiger partial charge in [-0.25, -0.2) is 0 Å². The van der Waals surface area contributed by atoms with Crippen LogP contribution >= 0.6 is 11.6 Å². The number of amides is 2. The maximum atomic E-state index is 13.8. The highest BCUT2D eigenvalue weighted by molar-refractivity contribution is 6.33. The molecule has 0 unspecified atom stereocenters. The quantitative estimate of drug-likeness (QED) is 0.287. The summed E-state index contributed by atoms with van der Waals surface area (Å²) in [5.41, 5.74) is 1.40. The van der Waals surface area contributed by atoms with Gasteiger partial charge < -0.3 is 28.6 Å².